The molecule has 1 rings (SSSR count). The zero-order valence-electron chi connectivity index (χ0n) is 8.31. The smallest absolute Gasteiger partial charge is 0.319 e. The fraction of sp³-hybridized carbons (Fsp3) is 0.300. The SMILES string of the molecule is CCCNC(=O)Nc1cccc(F)c1F. The van der Waals surface area contributed by atoms with Gasteiger partial charge in [0.15, 0.2) is 11.6 Å². The van der Waals surface area contributed by atoms with E-state index in [1.165, 1.54) is 12.1 Å². The molecule has 5 heteroatoms. The molecule has 82 valence electrons. The Morgan fingerprint density at radius 1 is 1.40 bits per heavy atom. The van der Waals surface area contributed by atoms with Gasteiger partial charge in [0.1, 0.15) is 0 Å². The number of benzene rings is 1. The molecule has 3 nitrogen and oxygen atoms in total. The third kappa shape index (κ3) is 3.19. The maximum absolute atomic E-state index is 13.1. The van der Waals surface area contributed by atoms with Crippen LogP contribution >= 0.6 is 0 Å². The predicted molar refractivity (Wildman–Crippen MR) is 53.7 cm³/mol. The average Bonchev–Trinajstić information content (AvgIpc) is 2.22. The standard InChI is InChI=1S/C10H12F2N2O/c1-2-6-13-10(15)14-8-5-3-4-7(11)9(8)12/h3-5H,2,6H2,1H3,(H2,13,14,15). The fourth-order valence-electron chi connectivity index (χ4n) is 1.01. The first kappa shape index (κ1) is 11.4. The van der Waals surface area contributed by atoms with Crippen molar-refractivity contribution in [2.75, 3.05) is 11.9 Å². The first-order chi connectivity index (χ1) is 7.15. The van der Waals surface area contributed by atoms with Gasteiger partial charge in [0.2, 0.25) is 0 Å². The molecule has 0 heterocycles. The molecule has 2 amide bonds. The molecule has 0 aromatic heterocycles. The molecule has 0 aliphatic heterocycles. The molecular weight excluding hydrogens is 202 g/mol. The number of hydrogen-bond acceptors (Lipinski definition) is 1. The number of carbonyl (C=O) groups is 1. The highest BCUT2D eigenvalue weighted by Gasteiger charge is 2.09. The van der Waals surface area contributed by atoms with Crippen molar-refractivity contribution < 1.29 is 13.6 Å². The van der Waals surface area contributed by atoms with Crippen LogP contribution in [-0.2, 0) is 0 Å². The van der Waals surface area contributed by atoms with Gasteiger partial charge in [0.05, 0.1) is 5.69 Å². The summed E-state index contributed by atoms with van der Waals surface area (Å²) >= 11 is 0. The van der Waals surface area contributed by atoms with Crippen LogP contribution in [0, 0.1) is 11.6 Å². The fourth-order valence-corrected chi connectivity index (χ4v) is 1.01. The minimum Gasteiger partial charge on any atom is -0.338 e. The molecule has 1 aromatic rings. The number of nitrogens with one attached hydrogen (secondary N) is 2. The van der Waals surface area contributed by atoms with Crippen molar-refractivity contribution in [1.82, 2.24) is 5.32 Å². The Balaban J connectivity index is 2.64. The highest BCUT2D eigenvalue weighted by Crippen LogP contribution is 2.15. The van der Waals surface area contributed by atoms with Gasteiger partial charge in [0, 0.05) is 6.54 Å². The summed E-state index contributed by atoms with van der Waals surface area (Å²) in [6.07, 6.45) is 0.777. The van der Waals surface area contributed by atoms with Crippen molar-refractivity contribution in [3.8, 4) is 0 Å². The molecular formula is C10H12F2N2O. The van der Waals surface area contributed by atoms with Crippen LogP contribution in [0.1, 0.15) is 13.3 Å². The van der Waals surface area contributed by atoms with E-state index in [0.29, 0.717) is 6.54 Å². The third-order valence-corrected chi connectivity index (χ3v) is 1.74. The van der Waals surface area contributed by atoms with Crippen molar-refractivity contribution >= 4 is 11.7 Å². The molecule has 0 saturated carbocycles. The van der Waals surface area contributed by atoms with Gasteiger partial charge in [-0.3, -0.25) is 0 Å². The number of carbonyl (C=O) groups excluding carboxylic acids is 1. The van der Waals surface area contributed by atoms with Gasteiger partial charge in [-0.2, -0.15) is 0 Å². The molecule has 0 spiro atoms. The van der Waals surface area contributed by atoms with Crippen LogP contribution in [-0.4, -0.2) is 12.6 Å². The maximum atomic E-state index is 13.1. The molecule has 1 aromatic carbocycles. The van der Waals surface area contributed by atoms with Gasteiger partial charge in [-0.1, -0.05) is 13.0 Å². The summed E-state index contributed by atoms with van der Waals surface area (Å²) in [4.78, 5) is 11.1. The van der Waals surface area contributed by atoms with Crippen LogP contribution in [0.15, 0.2) is 18.2 Å². The molecule has 0 bridgehead atoms. The largest absolute Gasteiger partial charge is 0.338 e. The summed E-state index contributed by atoms with van der Waals surface area (Å²) < 4.78 is 25.8. The second-order valence-corrected chi connectivity index (χ2v) is 2.98. The first-order valence-electron chi connectivity index (χ1n) is 4.64. The van der Waals surface area contributed by atoms with E-state index < -0.39 is 17.7 Å². The molecule has 0 unspecified atom stereocenters. The van der Waals surface area contributed by atoms with Crippen molar-refractivity contribution in [3.05, 3.63) is 29.8 Å². The van der Waals surface area contributed by atoms with Crippen LogP contribution in [0.5, 0.6) is 0 Å². The van der Waals surface area contributed by atoms with E-state index >= 15 is 0 Å². The number of halogens is 2. The Kier molecular flexibility index (Phi) is 4.03. The highest BCUT2D eigenvalue weighted by atomic mass is 19.2. The number of amides is 2. The van der Waals surface area contributed by atoms with E-state index in [4.69, 9.17) is 0 Å². The lowest BCUT2D eigenvalue weighted by Crippen LogP contribution is -2.29. The lowest BCUT2D eigenvalue weighted by atomic mass is 10.3. The lowest BCUT2D eigenvalue weighted by molar-refractivity contribution is 0.252. The van der Waals surface area contributed by atoms with Crippen LogP contribution in [0.2, 0.25) is 0 Å². The molecule has 15 heavy (non-hydrogen) atoms. The van der Waals surface area contributed by atoms with Crippen LogP contribution in [0.3, 0.4) is 0 Å². The van der Waals surface area contributed by atoms with Crippen molar-refractivity contribution in [1.29, 1.82) is 0 Å². The molecule has 0 aliphatic carbocycles. The predicted octanol–water partition coefficient (Wildman–Crippen LogP) is 2.50. The molecule has 0 aliphatic rings. The quantitative estimate of drug-likeness (QED) is 0.797. The topological polar surface area (TPSA) is 41.1 Å². The number of rotatable bonds is 3. The molecule has 0 atom stereocenters. The Labute approximate surface area is 86.5 Å². The average molecular weight is 214 g/mol. The minimum absolute atomic E-state index is 0.163. The van der Waals surface area contributed by atoms with Crippen molar-refractivity contribution in [2.45, 2.75) is 13.3 Å². The first-order valence-corrected chi connectivity index (χ1v) is 4.64. The normalized spacial score (nSPS) is 9.80. The van der Waals surface area contributed by atoms with Gasteiger partial charge in [0.25, 0.3) is 0 Å². The molecule has 0 saturated heterocycles. The number of urea groups is 1. The van der Waals surface area contributed by atoms with E-state index in [1.807, 2.05) is 6.92 Å². The van der Waals surface area contributed by atoms with E-state index in [2.05, 4.69) is 10.6 Å². The van der Waals surface area contributed by atoms with Gasteiger partial charge in [-0.05, 0) is 18.6 Å². The van der Waals surface area contributed by atoms with Crippen molar-refractivity contribution in [3.63, 3.8) is 0 Å². The van der Waals surface area contributed by atoms with Gasteiger partial charge in [-0.15, -0.1) is 0 Å². The Morgan fingerprint density at radius 2 is 2.13 bits per heavy atom. The zero-order chi connectivity index (χ0) is 11.3. The van der Waals surface area contributed by atoms with Gasteiger partial charge in [-0.25, -0.2) is 13.6 Å². The van der Waals surface area contributed by atoms with Crippen LogP contribution in [0.25, 0.3) is 0 Å². The molecule has 0 fully saturated rings. The summed E-state index contributed by atoms with van der Waals surface area (Å²) in [6, 6.07) is 3.07. The van der Waals surface area contributed by atoms with E-state index in [0.717, 1.165) is 12.5 Å². The number of hydrogen-bond donors (Lipinski definition) is 2. The Morgan fingerprint density at radius 3 is 2.80 bits per heavy atom. The minimum atomic E-state index is -1.05. The number of anilines is 1. The van der Waals surface area contributed by atoms with Crippen LogP contribution < -0.4 is 10.6 Å². The van der Waals surface area contributed by atoms with Gasteiger partial charge >= 0.3 is 6.03 Å². The Bertz CT molecular complexity index is 355. The van der Waals surface area contributed by atoms with Crippen LogP contribution in [0.4, 0.5) is 19.3 Å². The second-order valence-electron chi connectivity index (χ2n) is 2.98. The zero-order valence-corrected chi connectivity index (χ0v) is 8.31. The van der Waals surface area contributed by atoms with Gasteiger partial charge < -0.3 is 10.6 Å². The van der Waals surface area contributed by atoms with E-state index in [9.17, 15) is 13.6 Å². The summed E-state index contributed by atoms with van der Waals surface area (Å²) in [5, 5.41) is 4.71. The van der Waals surface area contributed by atoms with E-state index in [-0.39, 0.29) is 5.69 Å². The lowest BCUT2D eigenvalue weighted by Gasteiger charge is -2.07. The summed E-state index contributed by atoms with van der Waals surface area (Å²) in [5.74, 6) is -2.03. The summed E-state index contributed by atoms with van der Waals surface area (Å²) in [7, 11) is 0. The highest BCUT2D eigenvalue weighted by molar-refractivity contribution is 5.89. The molecule has 2 N–H and O–H groups in total. The maximum Gasteiger partial charge on any atom is 0.319 e. The van der Waals surface area contributed by atoms with Crippen molar-refractivity contribution in [2.24, 2.45) is 0 Å². The monoisotopic (exact) mass is 214 g/mol. The third-order valence-electron chi connectivity index (χ3n) is 1.74. The summed E-state index contributed by atoms with van der Waals surface area (Å²) in [5.41, 5.74) is -0.163. The second kappa shape index (κ2) is 5.29. The van der Waals surface area contributed by atoms with E-state index in [1.54, 1.807) is 0 Å². The molecule has 0 radical (unpaired) electrons. The Hall–Kier alpha value is -1.65. The summed E-state index contributed by atoms with van der Waals surface area (Å²) in [6.45, 7) is 2.38.